The Morgan fingerprint density at radius 2 is 1.77 bits per heavy atom. The van der Waals surface area contributed by atoms with Gasteiger partial charge in [-0.1, -0.05) is 12.1 Å². The number of anilines is 1. The van der Waals surface area contributed by atoms with Gasteiger partial charge in [-0.2, -0.15) is 0 Å². The summed E-state index contributed by atoms with van der Waals surface area (Å²) < 4.78 is 0. The summed E-state index contributed by atoms with van der Waals surface area (Å²) in [6.45, 7) is 10.7. The van der Waals surface area contributed by atoms with E-state index in [9.17, 15) is 14.4 Å². The molecule has 1 aliphatic heterocycles. The monoisotopic (exact) mass is 543 g/mol. The summed E-state index contributed by atoms with van der Waals surface area (Å²) in [5.74, 6) is -0.0137. The Kier molecular flexibility index (Phi) is 8.79. The van der Waals surface area contributed by atoms with E-state index in [2.05, 4.69) is 20.5 Å². The molecule has 10 nitrogen and oxygen atoms in total. The van der Waals surface area contributed by atoms with Crippen LogP contribution in [0.1, 0.15) is 56.9 Å². The molecule has 0 aliphatic carbocycles. The van der Waals surface area contributed by atoms with Gasteiger partial charge < -0.3 is 30.8 Å². The summed E-state index contributed by atoms with van der Waals surface area (Å²) in [4.78, 5) is 50.4. The predicted molar refractivity (Wildman–Crippen MR) is 157 cm³/mol. The number of aryl methyl sites for hydroxylation is 2. The average molecular weight is 544 g/mol. The van der Waals surface area contributed by atoms with Gasteiger partial charge in [0.2, 0.25) is 0 Å². The number of aromatic nitrogens is 2. The predicted octanol–water partition coefficient (Wildman–Crippen LogP) is 3.19. The molecule has 0 saturated carbocycles. The van der Waals surface area contributed by atoms with Gasteiger partial charge in [0.05, 0.1) is 11.3 Å². The van der Waals surface area contributed by atoms with Crippen molar-refractivity contribution >= 4 is 23.8 Å². The highest BCUT2D eigenvalue weighted by Crippen LogP contribution is 2.26. The number of nitrogens with one attached hydrogen (secondary N) is 4. The van der Waals surface area contributed by atoms with Crippen LogP contribution in [0, 0.1) is 19.3 Å². The highest BCUT2D eigenvalue weighted by Gasteiger charge is 2.22. The molecule has 2 aromatic heterocycles. The highest BCUT2D eigenvalue weighted by atomic mass is 16.2. The summed E-state index contributed by atoms with van der Waals surface area (Å²) in [6.07, 6.45) is 1.11. The molecular formula is C30H37N7O3. The molecule has 1 fully saturated rings. The van der Waals surface area contributed by atoms with Crippen LogP contribution in [0.4, 0.5) is 5.82 Å². The van der Waals surface area contributed by atoms with Crippen molar-refractivity contribution in [2.75, 3.05) is 38.5 Å². The normalized spacial score (nSPS) is 13.8. The van der Waals surface area contributed by atoms with E-state index in [-0.39, 0.29) is 29.6 Å². The lowest BCUT2D eigenvalue weighted by Gasteiger charge is -2.32. The third kappa shape index (κ3) is 6.45. The first-order chi connectivity index (χ1) is 19.1. The van der Waals surface area contributed by atoms with E-state index in [4.69, 9.17) is 10.4 Å². The number of piperazine rings is 1. The van der Waals surface area contributed by atoms with Gasteiger partial charge in [0.15, 0.2) is 0 Å². The van der Waals surface area contributed by atoms with Gasteiger partial charge in [0.25, 0.3) is 17.4 Å². The summed E-state index contributed by atoms with van der Waals surface area (Å²) in [7, 11) is 2.05. The number of carbonyl (C=O) groups excluding carboxylic acids is 2. The molecule has 2 amide bonds. The van der Waals surface area contributed by atoms with E-state index in [1.165, 1.54) is 0 Å². The van der Waals surface area contributed by atoms with E-state index in [0.717, 1.165) is 36.1 Å². The molecule has 40 heavy (non-hydrogen) atoms. The molecule has 0 radical (unpaired) electrons. The van der Waals surface area contributed by atoms with Gasteiger partial charge >= 0.3 is 0 Å². The van der Waals surface area contributed by atoms with Crippen LogP contribution in [0.3, 0.4) is 0 Å². The molecule has 0 atom stereocenters. The van der Waals surface area contributed by atoms with Crippen molar-refractivity contribution in [1.29, 1.82) is 5.41 Å². The lowest BCUT2D eigenvalue weighted by atomic mass is 10.0. The summed E-state index contributed by atoms with van der Waals surface area (Å²) in [6, 6.07) is 10.7. The van der Waals surface area contributed by atoms with Crippen LogP contribution in [-0.2, 0) is 6.54 Å². The van der Waals surface area contributed by atoms with Gasteiger partial charge in [0.1, 0.15) is 5.82 Å². The number of likely N-dealkylation sites (N-methyl/N-ethyl adjacent to an activating group) is 1. The van der Waals surface area contributed by atoms with Gasteiger partial charge in [0, 0.05) is 72.9 Å². The molecule has 1 aliphatic rings. The van der Waals surface area contributed by atoms with Crippen LogP contribution < -0.4 is 16.2 Å². The number of amides is 2. The highest BCUT2D eigenvalue weighted by molar-refractivity contribution is 6.05. The van der Waals surface area contributed by atoms with Crippen molar-refractivity contribution in [3.8, 4) is 11.3 Å². The zero-order valence-corrected chi connectivity index (χ0v) is 23.7. The quantitative estimate of drug-likeness (QED) is 0.323. The Hall–Kier alpha value is -4.31. The van der Waals surface area contributed by atoms with Gasteiger partial charge in [-0.05, 0) is 64.6 Å². The Morgan fingerprint density at radius 1 is 1.10 bits per heavy atom. The fourth-order valence-corrected chi connectivity index (χ4v) is 4.76. The van der Waals surface area contributed by atoms with Crippen molar-refractivity contribution in [3.63, 3.8) is 0 Å². The van der Waals surface area contributed by atoms with E-state index in [0.29, 0.717) is 41.3 Å². The molecule has 1 saturated heterocycles. The SMILES string of the molecule is Cc1cc(C)c(CNC(=O)c2cc(-c3ccc(C(=O)N4CCN(C)CC4)cc3)nc(NC(C)C)c2C=N)c(=O)[nH]1. The minimum Gasteiger partial charge on any atom is -0.367 e. The molecular weight excluding hydrogens is 506 g/mol. The summed E-state index contributed by atoms with van der Waals surface area (Å²) in [5.41, 5.74) is 4.26. The summed E-state index contributed by atoms with van der Waals surface area (Å²) in [5, 5.41) is 14.1. The fourth-order valence-electron chi connectivity index (χ4n) is 4.76. The number of benzene rings is 1. The van der Waals surface area contributed by atoms with Crippen LogP contribution in [-0.4, -0.2) is 77.1 Å². The molecule has 3 aromatic rings. The van der Waals surface area contributed by atoms with Crippen LogP contribution in [0.2, 0.25) is 0 Å². The Bertz CT molecular complexity index is 1470. The Labute approximate surface area is 234 Å². The maximum atomic E-state index is 13.4. The fraction of sp³-hybridized carbons (Fsp3) is 0.367. The van der Waals surface area contributed by atoms with Crippen molar-refractivity contribution in [3.05, 3.63) is 80.3 Å². The number of hydrogen-bond donors (Lipinski definition) is 4. The third-order valence-corrected chi connectivity index (χ3v) is 7.01. The largest absolute Gasteiger partial charge is 0.367 e. The molecule has 0 spiro atoms. The molecule has 4 rings (SSSR count). The molecule has 1 aromatic carbocycles. The second-order valence-electron chi connectivity index (χ2n) is 10.6. The number of H-pyrrole nitrogens is 1. The third-order valence-electron chi connectivity index (χ3n) is 7.01. The molecule has 4 N–H and O–H groups in total. The topological polar surface area (TPSA) is 134 Å². The van der Waals surface area contributed by atoms with Crippen LogP contribution >= 0.6 is 0 Å². The van der Waals surface area contributed by atoms with Crippen molar-refractivity contribution < 1.29 is 9.59 Å². The lowest BCUT2D eigenvalue weighted by Crippen LogP contribution is -2.47. The average Bonchev–Trinajstić information content (AvgIpc) is 2.91. The van der Waals surface area contributed by atoms with Crippen LogP contribution in [0.25, 0.3) is 11.3 Å². The molecule has 10 heteroatoms. The van der Waals surface area contributed by atoms with Gasteiger partial charge in [-0.15, -0.1) is 0 Å². The first kappa shape index (κ1) is 28.7. The summed E-state index contributed by atoms with van der Waals surface area (Å²) >= 11 is 0. The molecule has 0 bridgehead atoms. The van der Waals surface area contributed by atoms with Crippen molar-refractivity contribution in [2.24, 2.45) is 0 Å². The Balaban J connectivity index is 1.64. The standard InChI is InChI=1S/C30H37N7O3/c1-18(2)33-27-24(16-31)23(28(38)32-17-25-19(3)14-20(4)34-29(25)39)15-26(35-27)21-6-8-22(9-7-21)30(40)37-12-10-36(5)11-13-37/h6-9,14-16,18,31H,10-13,17H2,1-5H3,(H,32,38)(H,33,35)(H,34,39). The first-order valence-corrected chi connectivity index (χ1v) is 13.4. The second-order valence-corrected chi connectivity index (χ2v) is 10.6. The smallest absolute Gasteiger partial charge is 0.253 e. The van der Waals surface area contributed by atoms with Gasteiger partial charge in [-0.3, -0.25) is 14.4 Å². The maximum absolute atomic E-state index is 13.4. The number of hydrogen-bond acceptors (Lipinski definition) is 7. The number of pyridine rings is 2. The maximum Gasteiger partial charge on any atom is 0.253 e. The van der Waals surface area contributed by atoms with Gasteiger partial charge in [-0.25, -0.2) is 4.98 Å². The number of carbonyl (C=O) groups is 2. The lowest BCUT2D eigenvalue weighted by molar-refractivity contribution is 0.0664. The van der Waals surface area contributed by atoms with Crippen LogP contribution in [0.5, 0.6) is 0 Å². The Morgan fingerprint density at radius 3 is 2.38 bits per heavy atom. The van der Waals surface area contributed by atoms with E-state index >= 15 is 0 Å². The van der Waals surface area contributed by atoms with E-state index in [1.807, 2.05) is 57.8 Å². The molecule has 210 valence electrons. The second kappa shape index (κ2) is 12.3. The van der Waals surface area contributed by atoms with Crippen LogP contribution in [0.15, 0.2) is 41.2 Å². The zero-order valence-electron chi connectivity index (χ0n) is 23.7. The number of aromatic amines is 1. The first-order valence-electron chi connectivity index (χ1n) is 13.4. The molecule has 3 heterocycles. The zero-order chi connectivity index (χ0) is 29.0. The minimum absolute atomic E-state index is 0.00428. The van der Waals surface area contributed by atoms with E-state index < -0.39 is 5.91 Å². The number of nitrogens with zero attached hydrogens (tertiary/aromatic N) is 3. The number of rotatable bonds is 8. The molecule has 0 unspecified atom stereocenters. The minimum atomic E-state index is -0.421. The van der Waals surface area contributed by atoms with Crippen molar-refractivity contribution in [2.45, 2.75) is 40.3 Å². The van der Waals surface area contributed by atoms with E-state index in [1.54, 1.807) is 18.2 Å². The van der Waals surface area contributed by atoms with Crippen molar-refractivity contribution in [1.82, 2.24) is 25.1 Å².